The maximum Gasteiger partial charge on any atom is 0.268 e. The monoisotopic (exact) mass is 279 g/mol. The zero-order valence-corrected chi connectivity index (χ0v) is 12.7. The summed E-state index contributed by atoms with van der Waals surface area (Å²) in [6.07, 6.45) is 0. The predicted octanol–water partition coefficient (Wildman–Crippen LogP) is 2.76. The average molecular weight is 279 g/mol. The fourth-order valence-electron chi connectivity index (χ4n) is 1.71. The molecule has 0 aliphatic heterocycles. The first kappa shape index (κ1) is 14.2. The Balaban J connectivity index is 2.04. The van der Waals surface area contributed by atoms with Gasteiger partial charge < -0.3 is 10.3 Å². The van der Waals surface area contributed by atoms with E-state index in [-0.39, 0.29) is 11.0 Å². The molecule has 0 atom stereocenters. The summed E-state index contributed by atoms with van der Waals surface area (Å²) < 4.78 is 0.700. The Bertz CT molecular complexity index is 612. The Morgan fingerprint density at radius 1 is 1.47 bits per heavy atom. The van der Waals surface area contributed by atoms with Crippen molar-refractivity contribution in [1.82, 2.24) is 15.3 Å². The first-order valence-corrected chi connectivity index (χ1v) is 7.45. The molecule has 0 fully saturated rings. The topological polar surface area (TPSA) is 57.8 Å². The lowest BCUT2D eigenvalue weighted by Crippen LogP contribution is -2.33. The van der Waals surface area contributed by atoms with Gasteiger partial charge in [0.2, 0.25) is 0 Å². The molecular formula is C14H21N3OS. The lowest BCUT2D eigenvalue weighted by molar-refractivity contribution is 0.237. The van der Waals surface area contributed by atoms with Gasteiger partial charge >= 0.3 is 0 Å². The highest BCUT2D eigenvalue weighted by atomic mass is 32.1. The molecule has 0 aliphatic rings. The van der Waals surface area contributed by atoms with E-state index >= 15 is 0 Å². The van der Waals surface area contributed by atoms with E-state index in [0.717, 1.165) is 12.1 Å². The van der Waals surface area contributed by atoms with Crippen LogP contribution in [0.5, 0.6) is 0 Å². The summed E-state index contributed by atoms with van der Waals surface area (Å²) in [4.78, 5) is 19.1. The SMILES string of the molecule is CC(C)C(C)(C)CNCc1nc2ccsc2c(=O)[nH]1. The summed E-state index contributed by atoms with van der Waals surface area (Å²) in [7, 11) is 0. The fraction of sp³-hybridized carbons (Fsp3) is 0.571. The van der Waals surface area contributed by atoms with Gasteiger partial charge in [0, 0.05) is 6.54 Å². The van der Waals surface area contributed by atoms with Crippen molar-refractivity contribution >= 4 is 21.6 Å². The molecule has 104 valence electrons. The van der Waals surface area contributed by atoms with Gasteiger partial charge in [-0.3, -0.25) is 4.79 Å². The molecule has 2 aromatic heterocycles. The Morgan fingerprint density at radius 3 is 2.89 bits per heavy atom. The van der Waals surface area contributed by atoms with Crippen LogP contribution in [0.3, 0.4) is 0 Å². The van der Waals surface area contributed by atoms with Gasteiger partial charge in [-0.1, -0.05) is 27.7 Å². The smallest absolute Gasteiger partial charge is 0.268 e. The maximum absolute atomic E-state index is 11.8. The number of rotatable bonds is 5. The second-order valence-corrected chi connectivity index (χ2v) is 6.81. The molecule has 2 heterocycles. The summed E-state index contributed by atoms with van der Waals surface area (Å²) >= 11 is 1.43. The predicted molar refractivity (Wildman–Crippen MR) is 80.6 cm³/mol. The van der Waals surface area contributed by atoms with Gasteiger partial charge in [0.25, 0.3) is 5.56 Å². The third-order valence-corrected chi connectivity index (χ3v) is 4.70. The van der Waals surface area contributed by atoms with Crippen molar-refractivity contribution in [1.29, 1.82) is 0 Å². The molecule has 0 saturated carbocycles. The fourth-order valence-corrected chi connectivity index (χ4v) is 2.44. The number of fused-ring (bicyclic) bond motifs is 1. The van der Waals surface area contributed by atoms with Crippen molar-refractivity contribution in [3.8, 4) is 0 Å². The highest BCUT2D eigenvalue weighted by molar-refractivity contribution is 7.17. The highest BCUT2D eigenvalue weighted by Crippen LogP contribution is 2.24. The van der Waals surface area contributed by atoms with E-state index in [1.165, 1.54) is 11.3 Å². The number of aromatic nitrogens is 2. The number of hydrogen-bond donors (Lipinski definition) is 2. The van der Waals surface area contributed by atoms with E-state index in [2.05, 4.69) is 43.0 Å². The third kappa shape index (κ3) is 3.22. The molecule has 2 N–H and O–H groups in total. The highest BCUT2D eigenvalue weighted by Gasteiger charge is 2.21. The zero-order chi connectivity index (χ0) is 14.0. The molecule has 2 rings (SSSR count). The van der Waals surface area contributed by atoms with E-state index in [4.69, 9.17) is 0 Å². The Hall–Kier alpha value is -1.20. The lowest BCUT2D eigenvalue weighted by Gasteiger charge is -2.29. The van der Waals surface area contributed by atoms with E-state index in [0.29, 0.717) is 23.0 Å². The number of nitrogens with one attached hydrogen (secondary N) is 2. The van der Waals surface area contributed by atoms with Gasteiger partial charge in [-0.05, 0) is 22.8 Å². The van der Waals surface area contributed by atoms with Gasteiger partial charge in [-0.25, -0.2) is 4.98 Å². The summed E-state index contributed by atoms with van der Waals surface area (Å²) in [5.74, 6) is 1.31. The lowest BCUT2D eigenvalue weighted by atomic mass is 9.81. The van der Waals surface area contributed by atoms with E-state index in [9.17, 15) is 4.79 Å². The number of nitrogens with zero attached hydrogens (tertiary/aromatic N) is 1. The van der Waals surface area contributed by atoms with Crippen LogP contribution in [0.15, 0.2) is 16.2 Å². The molecule has 0 saturated heterocycles. The molecule has 4 nitrogen and oxygen atoms in total. The molecule has 0 aromatic carbocycles. The quantitative estimate of drug-likeness (QED) is 0.885. The van der Waals surface area contributed by atoms with Crippen LogP contribution < -0.4 is 10.9 Å². The van der Waals surface area contributed by atoms with Gasteiger partial charge in [0.1, 0.15) is 10.5 Å². The van der Waals surface area contributed by atoms with Crippen LogP contribution in [-0.2, 0) is 6.54 Å². The minimum atomic E-state index is -0.0417. The van der Waals surface area contributed by atoms with E-state index < -0.39 is 0 Å². The number of thiophene rings is 1. The molecule has 0 spiro atoms. The van der Waals surface area contributed by atoms with Crippen LogP contribution in [0.25, 0.3) is 10.2 Å². The van der Waals surface area contributed by atoms with Gasteiger partial charge in [-0.15, -0.1) is 11.3 Å². The van der Waals surface area contributed by atoms with Gasteiger partial charge in [-0.2, -0.15) is 0 Å². The van der Waals surface area contributed by atoms with Crippen molar-refractivity contribution in [3.63, 3.8) is 0 Å². The largest absolute Gasteiger partial charge is 0.309 e. The van der Waals surface area contributed by atoms with Crippen LogP contribution in [0.2, 0.25) is 0 Å². The Labute approximate surface area is 117 Å². The van der Waals surface area contributed by atoms with Crippen molar-refractivity contribution in [2.75, 3.05) is 6.54 Å². The maximum atomic E-state index is 11.8. The molecular weight excluding hydrogens is 258 g/mol. The van der Waals surface area contributed by atoms with E-state index in [1.54, 1.807) is 0 Å². The zero-order valence-electron chi connectivity index (χ0n) is 11.9. The minimum absolute atomic E-state index is 0.0417. The first-order valence-electron chi connectivity index (χ1n) is 6.57. The van der Waals surface area contributed by atoms with Crippen LogP contribution in [0.4, 0.5) is 0 Å². The molecule has 2 aromatic rings. The molecule has 0 radical (unpaired) electrons. The second kappa shape index (κ2) is 5.43. The molecule has 0 bridgehead atoms. The second-order valence-electron chi connectivity index (χ2n) is 5.89. The third-order valence-electron chi connectivity index (χ3n) is 3.80. The molecule has 0 aliphatic carbocycles. The summed E-state index contributed by atoms with van der Waals surface area (Å²) in [5.41, 5.74) is 0.973. The summed E-state index contributed by atoms with van der Waals surface area (Å²) in [5, 5.41) is 5.27. The Morgan fingerprint density at radius 2 is 2.21 bits per heavy atom. The molecule has 0 unspecified atom stereocenters. The number of hydrogen-bond acceptors (Lipinski definition) is 4. The van der Waals surface area contributed by atoms with Crippen LogP contribution >= 0.6 is 11.3 Å². The number of H-pyrrole nitrogens is 1. The van der Waals surface area contributed by atoms with E-state index in [1.807, 2.05) is 11.4 Å². The van der Waals surface area contributed by atoms with Crippen molar-refractivity contribution < 1.29 is 0 Å². The molecule has 19 heavy (non-hydrogen) atoms. The molecule has 0 amide bonds. The summed E-state index contributed by atoms with van der Waals surface area (Å²) in [6, 6.07) is 1.89. The minimum Gasteiger partial charge on any atom is -0.309 e. The van der Waals surface area contributed by atoms with Gasteiger partial charge in [0.15, 0.2) is 0 Å². The average Bonchev–Trinajstić information content (AvgIpc) is 2.77. The van der Waals surface area contributed by atoms with Crippen molar-refractivity contribution in [3.05, 3.63) is 27.6 Å². The van der Waals surface area contributed by atoms with Crippen LogP contribution in [0.1, 0.15) is 33.5 Å². The Kier molecular flexibility index (Phi) is 4.06. The summed E-state index contributed by atoms with van der Waals surface area (Å²) in [6.45, 7) is 10.4. The van der Waals surface area contributed by atoms with Crippen molar-refractivity contribution in [2.24, 2.45) is 11.3 Å². The molecule has 5 heteroatoms. The van der Waals surface area contributed by atoms with Crippen LogP contribution in [0, 0.1) is 11.3 Å². The first-order chi connectivity index (χ1) is 8.90. The van der Waals surface area contributed by atoms with Crippen molar-refractivity contribution in [2.45, 2.75) is 34.2 Å². The normalized spacial score (nSPS) is 12.5. The van der Waals surface area contributed by atoms with Crippen LogP contribution in [-0.4, -0.2) is 16.5 Å². The number of aromatic amines is 1. The standard InChI is InChI=1S/C14H21N3OS/c1-9(2)14(3,4)8-15-7-11-16-10-5-6-19-12(10)13(18)17-11/h5-6,9,15H,7-8H2,1-4H3,(H,16,17,18). The van der Waals surface area contributed by atoms with Gasteiger partial charge in [0.05, 0.1) is 12.1 Å².